The second-order valence-corrected chi connectivity index (χ2v) is 5.88. The average molecular weight is 332 g/mol. The Morgan fingerprint density at radius 2 is 1.85 bits per heavy atom. The lowest BCUT2D eigenvalue weighted by Gasteiger charge is -2.18. The molecule has 1 aromatic carbocycles. The van der Waals surface area contributed by atoms with Crippen molar-refractivity contribution >= 4 is 34.5 Å². The smallest absolute Gasteiger partial charge is 0.138 e. The number of halogens is 2. The lowest BCUT2D eigenvalue weighted by molar-refractivity contribution is 0.414. The third-order valence-corrected chi connectivity index (χ3v) is 4.59. The highest BCUT2D eigenvalue weighted by molar-refractivity contribution is 7.10. The number of thiophene rings is 1. The minimum atomic E-state index is -0.0418. The molecular formula is C14H15Cl2NO2S. The first kappa shape index (κ1) is 15.4. The van der Waals surface area contributed by atoms with Crippen LogP contribution in [0.5, 0.6) is 11.5 Å². The van der Waals surface area contributed by atoms with Gasteiger partial charge in [-0.1, -0.05) is 23.2 Å². The second-order valence-electron chi connectivity index (χ2n) is 4.12. The van der Waals surface area contributed by atoms with Crippen molar-refractivity contribution in [3.8, 4) is 11.5 Å². The van der Waals surface area contributed by atoms with Crippen molar-refractivity contribution in [2.45, 2.75) is 6.04 Å². The summed E-state index contributed by atoms with van der Waals surface area (Å²) in [6.07, 6.45) is 0. The van der Waals surface area contributed by atoms with Crippen molar-refractivity contribution in [2.24, 2.45) is 0 Å². The molecule has 1 unspecified atom stereocenters. The SMILES string of the molecule is CNC(c1cc(OC)cs1)c1cc(Cl)c(OC)cc1Cl. The average Bonchev–Trinajstić information content (AvgIpc) is 2.91. The fourth-order valence-electron chi connectivity index (χ4n) is 1.97. The lowest BCUT2D eigenvalue weighted by atomic mass is 10.1. The molecule has 0 aliphatic heterocycles. The Morgan fingerprint density at radius 1 is 1.10 bits per heavy atom. The largest absolute Gasteiger partial charge is 0.496 e. The maximum atomic E-state index is 6.34. The molecule has 6 heteroatoms. The zero-order chi connectivity index (χ0) is 14.7. The van der Waals surface area contributed by atoms with Gasteiger partial charge in [-0.3, -0.25) is 0 Å². The maximum absolute atomic E-state index is 6.34. The third kappa shape index (κ3) is 3.04. The maximum Gasteiger partial charge on any atom is 0.138 e. The van der Waals surface area contributed by atoms with Gasteiger partial charge in [0.2, 0.25) is 0 Å². The van der Waals surface area contributed by atoms with E-state index in [0.717, 1.165) is 16.2 Å². The van der Waals surface area contributed by atoms with Crippen molar-refractivity contribution in [2.75, 3.05) is 21.3 Å². The summed E-state index contributed by atoms with van der Waals surface area (Å²) in [5.74, 6) is 1.40. The Morgan fingerprint density at radius 3 is 2.40 bits per heavy atom. The van der Waals surface area contributed by atoms with Crippen molar-refractivity contribution in [3.05, 3.63) is 44.1 Å². The molecule has 1 heterocycles. The molecule has 3 nitrogen and oxygen atoms in total. The number of hydrogen-bond acceptors (Lipinski definition) is 4. The van der Waals surface area contributed by atoms with Crippen LogP contribution in [-0.2, 0) is 0 Å². The molecule has 0 aliphatic carbocycles. The quantitative estimate of drug-likeness (QED) is 0.881. The molecule has 0 bridgehead atoms. The third-order valence-electron chi connectivity index (χ3n) is 2.99. The van der Waals surface area contributed by atoms with Crippen molar-refractivity contribution in [1.82, 2.24) is 5.32 Å². The standard InChI is InChI=1S/C14H15Cl2NO2S/c1-17-14(13-4-8(18-2)7-20-13)9-5-11(16)12(19-3)6-10(9)15/h4-7,14,17H,1-3H3. The molecule has 0 spiro atoms. The summed E-state index contributed by atoms with van der Waals surface area (Å²) in [5.41, 5.74) is 0.907. The summed E-state index contributed by atoms with van der Waals surface area (Å²) in [6, 6.07) is 5.50. The van der Waals surface area contributed by atoms with Crippen LogP contribution < -0.4 is 14.8 Å². The topological polar surface area (TPSA) is 30.5 Å². The van der Waals surface area contributed by atoms with Crippen LogP contribution in [0, 0.1) is 0 Å². The molecule has 0 saturated heterocycles. The van der Waals surface area contributed by atoms with Gasteiger partial charge in [-0.05, 0) is 24.7 Å². The molecule has 0 saturated carbocycles. The van der Waals surface area contributed by atoms with E-state index in [2.05, 4.69) is 5.32 Å². The Bertz CT molecular complexity index is 601. The number of benzene rings is 1. The highest BCUT2D eigenvalue weighted by atomic mass is 35.5. The zero-order valence-electron chi connectivity index (χ0n) is 11.4. The molecule has 0 fully saturated rings. The summed E-state index contributed by atoms with van der Waals surface area (Å²) < 4.78 is 10.4. The minimum absolute atomic E-state index is 0.0418. The van der Waals surface area contributed by atoms with E-state index in [1.54, 1.807) is 31.6 Å². The van der Waals surface area contributed by atoms with Crippen molar-refractivity contribution < 1.29 is 9.47 Å². The molecule has 0 aliphatic rings. The van der Waals surface area contributed by atoms with E-state index in [4.69, 9.17) is 32.7 Å². The van der Waals surface area contributed by atoms with Crippen LogP contribution >= 0.6 is 34.5 Å². The molecule has 2 aromatic rings. The van der Waals surface area contributed by atoms with E-state index in [-0.39, 0.29) is 6.04 Å². The van der Waals surface area contributed by atoms with Crippen molar-refractivity contribution in [1.29, 1.82) is 0 Å². The highest BCUT2D eigenvalue weighted by Gasteiger charge is 2.19. The van der Waals surface area contributed by atoms with Gasteiger partial charge in [0.25, 0.3) is 0 Å². The molecule has 0 radical (unpaired) electrons. The predicted octanol–water partition coefficient (Wildman–Crippen LogP) is 4.38. The Kier molecular flexibility index (Phi) is 5.16. The number of methoxy groups -OCH3 is 2. The summed E-state index contributed by atoms with van der Waals surface area (Å²) in [4.78, 5) is 1.10. The molecular weight excluding hydrogens is 317 g/mol. The Hall–Kier alpha value is -0.940. The normalized spacial score (nSPS) is 12.2. The molecule has 2 rings (SSSR count). The van der Waals surface area contributed by atoms with Gasteiger partial charge in [-0.2, -0.15) is 0 Å². The Labute approximate surface area is 132 Å². The molecule has 108 valence electrons. The van der Waals surface area contributed by atoms with Crippen molar-refractivity contribution in [3.63, 3.8) is 0 Å². The van der Waals surface area contributed by atoms with Gasteiger partial charge in [0.15, 0.2) is 0 Å². The number of hydrogen-bond donors (Lipinski definition) is 1. The van der Waals surface area contributed by atoms with Gasteiger partial charge >= 0.3 is 0 Å². The Balaban J connectivity index is 2.43. The first-order valence-electron chi connectivity index (χ1n) is 5.93. The zero-order valence-corrected chi connectivity index (χ0v) is 13.7. The fourth-order valence-corrected chi connectivity index (χ4v) is 3.46. The number of ether oxygens (including phenoxy) is 2. The summed E-state index contributed by atoms with van der Waals surface area (Å²) in [6.45, 7) is 0. The van der Waals surface area contributed by atoms with Crippen LogP contribution in [0.25, 0.3) is 0 Å². The molecule has 1 atom stereocenters. The number of nitrogens with one attached hydrogen (secondary N) is 1. The summed E-state index contributed by atoms with van der Waals surface area (Å²) >= 11 is 14.1. The van der Waals surface area contributed by atoms with Crippen LogP contribution in [0.1, 0.15) is 16.5 Å². The van der Waals surface area contributed by atoms with E-state index >= 15 is 0 Å². The van der Waals surface area contributed by atoms with Gasteiger partial charge in [-0.25, -0.2) is 0 Å². The second kappa shape index (κ2) is 6.68. The first-order valence-corrected chi connectivity index (χ1v) is 7.56. The van der Waals surface area contributed by atoms with Gasteiger partial charge in [0.05, 0.1) is 25.3 Å². The van der Waals surface area contributed by atoms with E-state index in [1.165, 1.54) is 0 Å². The molecule has 1 aromatic heterocycles. The summed E-state index contributed by atoms with van der Waals surface area (Å²) in [5, 5.41) is 6.35. The van der Waals surface area contributed by atoms with Crippen LogP contribution in [0.3, 0.4) is 0 Å². The highest BCUT2D eigenvalue weighted by Crippen LogP contribution is 2.38. The molecule has 20 heavy (non-hydrogen) atoms. The van der Waals surface area contributed by atoms with Gasteiger partial charge in [0, 0.05) is 21.3 Å². The van der Waals surface area contributed by atoms with Gasteiger partial charge < -0.3 is 14.8 Å². The predicted molar refractivity (Wildman–Crippen MR) is 84.8 cm³/mol. The monoisotopic (exact) mass is 331 g/mol. The fraction of sp³-hybridized carbons (Fsp3) is 0.286. The van der Waals surface area contributed by atoms with Crippen LogP contribution in [0.15, 0.2) is 23.6 Å². The van der Waals surface area contributed by atoms with Crippen LogP contribution in [-0.4, -0.2) is 21.3 Å². The van der Waals surface area contributed by atoms with Gasteiger partial charge in [0.1, 0.15) is 11.5 Å². The van der Waals surface area contributed by atoms with Gasteiger partial charge in [-0.15, -0.1) is 11.3 Å². The number of rotatable bonds is 5. The van der Waals surface area contributed by atoms with Crippen LogP contribution in [0.2, 0.25) is 10.0 Å². The summed E-state index contributed by atoms with van der Waals surface area (Å²) in [7, 11) is 5.10. The van der Waals surface area contributed by atoms with Crippen LogP contribution in [0.4, 0.5) is 0 Å². The lowest BCUT2D eigenvalue weighted by Crippen LogP contribution is -2.17. The van der Waals surface area contributed by atoms with E-state index < -0.39 is 0 Å². The first-order chi connectivity index (χ1) is 9.60. The minimum Gasteiger partial charge on any atom is -0.496 e. The van der Waals surface area contributed by atoms with E-state index in [1.807, 2.05) is 24.6 Å². The van der Waals surface area contributed by atoms with E-state index in [9.17, 15) is 0 Å². The molecule has 1 N–H and O–H groups in total. The van der Waals surface area contributed by atoms with E-state index in [0.29, 0.717) is 15.8 Å². The molecule has 0 amide bonds.